The van der Waals surface area contributed by atoms with Gasteiger partial charge >= 0.3 is 5.97 Å². The third-order valence-electron chi connectivity index (χ3n) is 3.71. The zero-order valence-electron chi connectivity index (χ0n) is 15.6. The fourth-order valence-electron chi connectivity index (χ4n) is 2.43. The van der Waals surface area contributed by atoms with Crippen molar-refractivity contribution in [1.82, 2.24) is 0 Å². The van der Waals surface area contributed by atoms with Crippen LogP contribution in [0.1, 0.15) is 22.8 Å². The number of rotatable bonds is 8. The van der Waals surface area contributed by atoms with Crippen LogP contribution in [0.25, 0.3) is 0 Å². The van der Waals surface area contributed by atoms with E-state index in [4.69, 9.17) is 9.47 Å². The number of esters is 1. The summed E-state index contributed by atoms with van der Waals surface area (Å²) in [5, 5.41) is 0. The monoisotopic (exact) mass is 409 g/mol. The number of carbonyl (C=O) groups excluding carboxylic acids is 2. The van der Waals surface area contributed by atoms with Crippen molar-refractivity contribution < 1.29 is 31.9 Å². The van der Waals surface area contributed by atoms with Crippen LogP contribution in [0.2, 0.25) is 0 Å². The molecule has 7 nitrogen and oxygen atoms in total. The Bertz CT molecular complexity index is 972. The van der Waals surface area contributed by atoms with Gasteiger partial charge in [-0.3, -0.25) is 14.3 Å². The van der Waals surface area contributed by atoms with Crippen molar-refractivity contribution in [2.75, 3.05) is 18.1 Å². The summed E-state index contributed by atoms with van der Waals surface area (Å²) in [5.74, 6) is -1.66. The van der Waals surface area contributed by atoms with Crippen LogP contribution in [0, 0.1) is 5.82 Å². The Kier molecular flexibility index (Phi) is 6.74. The van der Waals surface area contributed by atoms with Crippen LogP contribution in [0.3, 0.4) is 0 Å². The second-order valence-electron chi connectivity index (χ2n) is 6.09. The molecule has 0 bridgehead atoms. The number of carbonyl (C=O) groups is 2. The molecule has 0 saturated heterocycles. The maximum atomic E-state index is 13.7. The molecule has 9 heteroatoms. The first kappa shape index (κ1) is 21.4. The average molecular weight is 409 g/mol. The number of hydrogen-bond acceptors (Lipinski definition) is 6. The van der Waals surface area contributed by atoms with Crippen molar-refractivity contribution in [2.24, 2.45) is 0 Å². The molecule has 28 heavy (non-hydrogen) atoms. The first-order valence-electron chi connectivity index (χ1n) is 8.23. The lowest BCUT2D eigenvalue weighted by molar-refractivity contribution is -0.145. The van der Waals surface area contributed by atoms with E-state index in [1.807, 2.05) is 0 Å². The molecule has 0 saturated carbocycles. The van der Waals surface area contributed by atoms with E-state index in [1.165, 1.54) is 56.5 Å². The maximum absolute atomic E-state index is 13.7. The summed E-state index contributed by atoms with van der Waals surface area (Å²) in [6.07, 6.45) is -0.234. The summed E-state index contributed by atoms with van der Waals surface area (Å²) >= 11 is 0. The number of halogens is 1. The van der Waals surface area contributed by atoms with Gasteiger partial charge < -0.3 is 9.47 Å². The van der Waals surface area contributed by atoms with Gasteiger partial charge in [0.2, 0.25) is 15.8 Å². The van der Waals surface area contributed by atoms with E-state index < -0.39 is 33.7 Å². The van der Waals surface area contributed by atoms with Gasteiger partial charge in [-0.25, -0.2) is 12.8 Å². The van der Waals surface area contributed by atoms with E-state index >= 15 is 0 Å². The molecule has 0 aliphatic carbocycles. The van der Waals surface area contributed by atoms with Gasteiger partial charge in [0.05, 0.1) is 19.8 Å². The van der Waals surface area contributed by atoms with E-state index in [9.17, 15) is 22.4 Å². The zero-order valence-corrected chi connectivity index (χ0v) is 16.4. The molecule has 2 rings (SSSR count). The van der Waals surface area contributed by atoms with Crippen molar-refractivity contribution in [3.8, 4) is 5.75 Å². The van der Waals surface area contributed by atoms with E-state index in [-0.39, 0.29) is 17.7 Å². The lowest BCUT2D eigenvalue weighted by Gasteiger charge is -2.13. The van der Waals surface area contributed by atoms with Gasteiger partial charge in [0.15, 0.2) is 17.7 Å². The summed E-state index contributed by atoms with van der Waals surface area (Å²) in [4.78, 5) is 24.4. The van der Waals surface area contributed by atoms with Crippen LogP contribution in [0.4, 0.5) is 10.1 Å². The first-order chi connectivity index (χ1) is 13.1. The molecular weight excluding hydrogens is 389 g/mol. The largest absolute Gasteiger partial charge is 0.494 e. The standard InChI is InChI=1S/C19H20FNO6S/c1-12(19(23)14-5-7-15(8-6-14)21-28(3,24)25)27-18(22)11-13-4-9-17(26-2)16(20)10-13/h4-10,12,21H,11H2,1-3H3. The zero-order chi connectivity index (χ0) is 20.9. The molecule has 2 aromatic carbocycles. The van der Waals surface area contributed by atoms with Crippen molar-refractivity contribution in [1.29, 1.82) is 0 Å². The van der Waals surface area contributed by atoms with E-state index in [1.54, 1.807) is 0 Å². The van der Waals surface area contributed by atoms with E-state index in [0.29, 0.717) is 11.3 Å². The molecule has 0 heterocycles. The van der Waals surface area contributed by atoms with Crippen LogP contribution in [-0.2, 0) is 26.0 Å². The SMILES string of the molecule is COc1ccc(CC(=O)OC(C)C(=O)c2ccc(NS(C)(=O)=O)cc2)cc1F. The molecule has 1 atom stereocenters. The number of sulfonamides is 1. The number of anilines is 1. The van der Waals surface area contributed by atoms with Crippen molar-refractivity contribution in [2.45, 2.75) is 19.4 Å². The van der Waals surface area contributed by atoms with Crippen molar-refractivity contribution >= 4 is 27.5 Å². The predicted octanol–water partition coefficient (Wildman–Crippen LogP) is 2.56. The van der Waals surface area contributed by atoms with Crippen molar-refractivity contribution in [3.05, 3.63) is 59.4 Å². The minimum absolute atomic E-state index is 0.0643. The molecule has 1 N–H and O–H groups in total. The minimum Gasteiger partial charge on any atom is -0.494 e. The summed E-state index contributed by atoms with van der Waals surface area (Å²) in [7, 11) is -2.08. The number of ketones is 1. The summed E-state index contributed by atoms with van der Waals surface area (Å²) in [5.41, 5.74) is 0.958. The van der Waals surface area contributed by atoms with Gasteiger partial charge in [0, 0.05) is 11.3 Å². The Morgan fingerprint density at radius 1 is 1.14 bits per heavy atom. The molecule has 0 aliphatic rings. The van der Waals surface area contributed by atoms with Gasteiger partial charge in [-0.15, -0.1) is 0 Å². The number of hydrogen-bond donors (Lipinski definition) is 1. The highest BCUT2D eigenvalue weighted by Gasteiger charge is 2.20. The Labute approximate surface area is 162 Å². The normalized spacial score (nSPS) is 12.1. The summed E-state index contributed by atoms with van der Waals surface area (Å²) in [6, 6.07) is 9.83. The third-order valence-corrected chi connectivity index (χ3v) is 4.32. The second kappa shape index (κ2) is 8.83. The third kappa shape index (κ3) is 6.05. The lowest BCUT2D eigenvalue weighted by atomic mass is 10.1. The number of ether oxygens (including phenoxy) is 2. The first-order valence-corrected chi connectivity index (χ1v) is 10.1. The fourth-order valence-corrected chi connectivity index (χ4v) is 2.99. The quantitative estimate of drug-likeness (QED) is 0.531. The second-order valence-corrected chi connectivity index (χ2v) is 7.84. The molecular formula is C19H20FNO6S. The van der Waals surface area contributed by atoms with E-state index in [0.717, 1.165) is 6.26 Å². The number of nitrogens with one attached hydrogen (secondary N) is 1. The fraction of sp³-hybridized carbons (Fsp3) is 0.263. The molecule has 0 aromatic heterocycles. The molecule has 0 amide bonds. The van der Waals surface area contributed by atoms with Gasteiger partial charge in [-0.05, 0) is 48.9 Å². The van der Waals surface area contributed by atoms with Crippen molar-refractivity contribution in [3.63, 3.8) is 0 Å². The predicted molar refractivity (Wildman–Crippen MR) is 101 cm³/mol. The van der Waals surface area contributed by atoms with Crippen LogP contribution in [0.5, 0.6) is 5.75 Å². The van der Waals surface area contributed by atoms with Crippen LogP contribution in [-0.4, -0.2) is 39.6 Å². The molecule has 0 radical (unpaired) electrons. The molecule has 1 unspecified atom stereocenters. The number of methoxy groups -OCH3 is 1. The van der Waals surface area contributed by atoms with Gasteiger partial charge in [0.1, 0.15) is 0 Å². The Hall–Kier alpha value is -2.94. The highest BCUT2D eigenvalue weighted by atomic mass is 32.2. The van der Waals surface area contributed by atoms with E-state index in [2.05, 4.69) is 4.72 Å². The summed E-state index contributed by atoms with van der Waals surface area (Å²) < 4.78 is 48.3. The lowest BCUT2D eigenvalue weighted by Crippen LogP contribution is -2.25. The summed E-state index contributed by atoms with van der Waals surface area (Å²) in [6.45, 7) is 1.43. The van der Waals surface area contributed by atoms with Gasteiger partial charge in [-0.2, -0.15) is 0 Å². The average Bonchev–Trinajstić information content (AvgIpc) is 2.60. The number of benzene rings is 2. The van der Waals surface area contributed by atoms with Gasteiger partial charge in [0.25, 0.3) is 0 Å². The highest BCUT2D eigenvalue weighted by Crippen LogP contribution is 2.19. The topological polar surface area (TPSA) is 98.8 Å². The number of Topliss-reactive ketones (excluding diaryl/α,β-unsaturated/α-hetero) is 1. The van der Waals surface area contributed by atoms with Crippen LogP contribution in [0.15, 0.2) is 42.5 Å². The van der Waals surface area contributed by atoms with Crippen LogP contribution >= 0.6 is 0 Å². The highest BCUT2D eigenvalue weighted by molar-refractivity contribution is 7.92. The molecule has 0 spiro atoms. The minimum atomic E-state index is -3.42. The smallest absolute Gasteiger partial charge is 0.310 e. The maximum Gasteiger partial charge on any atom is 0.310 e. The Morgan fingerprint density at radius 2 is 1.79 bits per heavy atom. The Morgan fingerprint density at radius 3 is 2.32 bits per heavy atom. The molecule has 2 aromatic rings. The van der Waals surface area contributed by atoms with Gasteiger partial charge in [-0.1, -0.05) is 6.07 Å². The Balaban J connectivity index is 1.97. The molecule has 150 valence electrons. The molecule has 0 aliphatic heterocycles. The van der Waals surface area contributed by atoms with Crippen LogP contribution < -0.4 is 9.46 Å². The molecule has 0 fully saturated rings.